The summed E-state index contributed by atoms with van der Waals surface area (Å²) in [6, 6.07) is -3.26. The van der Waals surface area contributed by atoms with Crippen molar-refractivity contribution in [3.8, 4) is 0 Å². The van der Waals surface area contributed by atoms with Crippen LogP contribution in [0.1, 0.15) is 151 Å². The molecule has 5 saturated carbocycles. The number of nitrogens with zero attached hydrogens (tertiary/aromatic N) is 1. The SMILES string of the molecule is CCCC(C)(C)S(=O)(=O)CC1(NC(=O)N[C@H](C(=O)N2C[C@H]3[C@@H]([C@H]2C(=O)NC(CC2CC2)C(=O)C(=O)NC2CC2)C3(C)C)C2(C)CCCCC2)CCCCC1. The Morgan fingerprint density at radius 1 is 0.852 bits per heavy atom. The molecule has 1 unspecified atom stereocenters. The predicted molar refractivity (Wildman–Crippen MR) is 207 cm³/mol. The Balaban J connectivity index is 1.23. The van der Waals surface area contributed by atoms with Gasteiger partial charge in [0.25, 0.3) is 5.91 Å². The summed E-state index contributed by atoms with van der Waals surface area (Å²) in [4.78, 5) is 71.5. The number of piperidine rings is 1. The van der Waals surface area contributed by atoms with Gasteiger partial charge in [-0.1, -0.05) is 85.5 Å². The van der Waals surface area contributed by atoms with Crippen LogP contribution in [0.4, 0.5) is 4.79 Å². The molecule has 0 radical (unpaired) electrons. The van der Waals surface area contributed by atoms with Crippen molar-refractivity contribution in [3.63, 3.8) is 0 Å². The van der Waals surface area contributed by atoms with E-state index in [9.17, 15) is 27.6 Å². The average molecular weight is 774 g/mol. The molecule has 1 aliphatic heterocycles. The Morgan fingerprint density at radius 2 is 1.46 bits per heavy atom. The van der Waals surface area contributed by atoms with Crippen LogP contribution in [0.3, 0.4) is 0 Å². The molecule has 0 bridgehead atoms. The average Bonchev–Trinajstić information content (AvgIpc) is 4.06. The van der Waals surface area contributed by atoms with Gasteiger partial charge in [-0.3, -0.25) is 19.2 Å². The van der Waals surface area contributed by atoms with Crippen molar-refractivity contribution < 1.29 is 32.4 Å². The lowest BCUT2D eigenvalue weighted by Crippen LogP contribution is -2.65. The minimum atomic E-state index is -3.58. The fraction of sp³-hybridized carbons (Fsp3) is 0.878. The summed E-state index contributed by atoms with van der Waals surface area (Å²) < 4.78 is 26.8. The topological polar surface area (TPSA) is 171 Å². The highest BCUT2D eigenvalue weighted by Gasteiger charge is 2.70. The van der Waals surface area contributed by atoms with Gasteiger partial charge in [0.2, 0.25) is 17.6 Å². The van der Waals surface area contributed by atoms with E-state index < -0.39 is 67.3 Å². The maximum atomic E-state index is 15.0. The van der Waals surface area contributed by atoms with Gasteiger partial charge in [-0.2, -0.15) is 0 Å². The summed E-state index contributed by atoms with van der Waals surface area (Å²) in [5, 5.41) is 12.0. The minimum Gasteiger partial charge on any atom is -0.347 e. The van der Waals surface area contributed by atoms with E-state index in [1.54, 1.807) is 18.7 Å². The van der Waals surface area contributed by atoms with Crippen molar-refractivity contribution in [1.82, 2.24) is 26.2 Å². The highest BCUT2D eigenvalue weighted by molar-refractivity contribution is 7.92. The van der Waals surface area contributed by atoms with Gasteiger partial charge in [0.1, 0.15) is 12.1 Å². The first-order valence-corrected chi connectivity index (χ1v) is 22.7. The van der Waals surface area contributed by atoms with Crippen molar-refractivity contribution in [3.05, 3.63) is 0 Å². The van der Waals surface area contributed by atoms with Gasteiger partial charge in [-0.15, -0.1) is 0 Å². The maximum absolute atomic E-state index is 15.0. The van der Waals surface area contributed by atoms with Gasteiger partial charge < -0.3 is 26.2 Å². The van der Waals surface area contributed by atoms with E-state index in [-0.39, 0.29) is 40.9 Å². The lowest BCUT2D eigenvalue weighted by molar-refractivity contribution is -0.146. The van der Waals surface area contributed by atoms with Gasteiger partial charge >= 0.3 is 6.03 Å². The number of nitrogens with one attached hydrogen (secondary N) is 4. The third-order valence-corrected chi connectivity index (χ3v) is 17.2. The first kappa shape index (κ1) is 40.9. The molecule has 0 aromatic rings. The van der Waals surface area contributed by atoms with Gasteiger partial charge in [-0.25, -0.2) is 13.2 Å². The first-order chi connectivity index (χ1) is 25.3. The van der Waals surface area contributed by atoms with Crippen LogP contribution in [0.5, 0.6) is 0 Å². The molecule has 12 nitrogen and oxygen atoms in total. The molecular weight excluding hydrogens is 707 g/mol. The van der Waals surface area contributed by atoms with Crippen LogP contribution in [0.2, 0.25) is 0 Å². The van der Waals surface area contributed by atoms with Gasteiger partial charge in [-0.05, 0) is 93.8 Å². The van der Waals surface area contributed by atoms with Crippen molar-refractivity contribution in [2.24, 2.45) is 28.6 Å². The predicted octanol–water partition coefficient (Wildman–Crippen LogP) is 4.94. The van der Waals surface area contributed by atoms with E-state index in [2.05, 4.69) is 35.1 Å². The summed E-state index contributed by atoms with van der Waals surface area (Å²) in [7, 11) is -3.58. The molecule has 6 rings (SSSR count). The Bertz CT molecular complexity index is 1570. The summed E-state index contributed by atoms with van der Waals surface area (Å²) in [5.41, 5.74) is -1.70. The Kier molecular flexibility index (Phi) is 11.6. The molecule has 6 aliphatic rings. The van der Waals surface area contributed by atoms with E-state index in [0.29, 0.717) is 32.2 Å². The van der Waals surface area contributed by atoms with Crippen LogP contribution in [0.25, 0.3) is 0 Å². The molecule has 1 heterocycles. The smallest absolute Gasteiger partial charge is 0.315 e. The number of Topliss-reactive ketones (excluding diaryl/α,β-unsaturated/α-hetero) is 1. The lowest BCUT2D eigenvalue weighted by Gasteiger charge is -2.44. The summed E-state index contributed by atoms with van der Waals surface area (Å²) in [6.07, 6.45) is 13.2. The second-order valence-electron chi connectivity index (χ2n) is 19.6. The standard InChI is InChI=1S/C41H67N5O7S/c1-7-18-38(2,3)54(52,53)25-41(21-12-9-13-22-41)45-37(51)44-33(40(6)19-10-8-11-20-40)36(50)46-24-28-30(39(28,4)5)31(46)34(48)43-29(23-26-14-15-26)32(47)35(49)42-27-16-17-27/h26-31,33H,7-25H2,1-6H3,(H,42,49)(H,43,48)(H2,44,45,51)/t28-,29?,30-,31-,33+/m0/s1. The third kappa shape index (κ3) is 8.65. The number of carbonyl (C=O) groups excluding carboxylic acids is 5. The molecule has 5 amide bonds. The lowest BCUT2D eigenvalue weighted by atomic mass is 9.70. The first-order valence-electron chi connectivity index (χ1n) is 21.1. The molecule has 6 fully saturated rings. The Labute approximate surface area is 323 Å². The molecule has 304 valence electrons. The van der Waals surface area contributed by atoms with Crippen LogP contribution in [-0.4, -0.2) is 89.6 Å². The minimum absolute atomic E-state index is 0.0165. The van der Waals surface area contributed by atoms with E-state index in [1.165, 1.54) is 0 Å². The van der Waals surface area contributed by atoms with Gasteiger partial charge in [0, 0.05) is 12.6 Å². The molecule has 54 heavy (non-hydrogen) atoms. The van der Waals surface area contributed by atoms with Crippen LogP contribution in [0.15, 0.2) is 0 Å². The molecule has 13 heteroatoms. The highest BCUT2D eigenvalue weighted by Crippen LogP contribution is 2.65. The van der Waals surface area contributed by atoms with Crippen LogP contribution in [-0.2, 0) is 29.0 Å². The molecule has 0 aromatic carbocycles. The number of amides is 5. The monoisotopic (exact) mass is 773 g/mol. The second kappa shape index (κ2) is 15.3. The van der Waals surface area contributed by atoms with Crippen molar-refractivity contribution >= 4 is 39.4 Å². The zero-order valence-corrected chi connectivity index (χ0v) is 34.5. The molecule has 0 aromatic heterocycles. The largest absolute Gasteiger partial charge is 0.347 e. The van der Waals surface area contributed by atoms with Crippen LogP contribution in [0, 0.1) is 28.6 Å². The quantitative estimate of drug-likeness (QED) is 0.161. The zero-order valence-electron chi connectivity index (χ0n) is 33.7. The number of sulfone groups is 1. The summed E-state index contributed by atoms with van der Waals surface area (Å²) in [6.45, 7) is 12.1. The second-order valence-corrected chi connectivity index (χ2v) is 22.2. The van der Waals surface area contributed by atoms with Crippen molar-refractivity contribution in [2.45, 2.75) is 185 Å². The fourth-order valence-corrected chi connectivity index (χ4v) is 12.2. The number of ketones is 1. The zero-order chi connectivity index (χ0) is 39.3. The van der Waals surface area contributed by atoms with Crippen LogP contribution >= 0.6 is 0 Å². The molecule has 0 spiro atoms. The molecular formula is C41H67N5O7S. The Morgan fingerprint density at radius 3 is 2.04 bits per heavy atom. The van der Waals surface area contributed by atoms with E-state index in [4.69, 9.17) is 0 Å². The van der Waals surface area contributed by atoms with Gasteiger partial charge in [0.15, 0.2) is 9.84 Å². The summed E-state index contributed by atoms with van der Waals surface area (Å²) >= 11 is 0. The van der Waals surface area contributed by atoms with E-state index >= 15 is 4.79 Å². The van der Waals surface area contributed by atoms with Crippen molar-refractivity contribution in [1.29, 1.82) is 0 Å². The summed E-state index contributed by atoms with van der Waals surface area (Å²) in [5.74, 6) is -1.93. The number of hydrogen-bond donors (Lipinski definition) is 4. The maximum Gasteiger partial charge on any atom is 0.315 e. The van der Waals surface area contributed by atoms with Crippen molar-refractivity contribution in [2.75, 3.05) is 12.3 Å². The molecule has 5 atom stereocenters. The molecule has 5 aliphatic carbocycles. The number of hydrogen-bond acceptors (Lipinski definition) is 7. The number of urea groups is 1. The number of rotatable bonds is 16. The number of fused-ring (bicyclic) bond motifs is 1. The fourth-order valence-electron chi connectivity index (χ4n) is 10.2. The molecule has 1 saturated heterocycles. The van der Waals surface area contributed by atoms with Gasteiger partial charge in [0.05, 0.1) is 22.1 Å². The van der Waals surface area contributed by atoms with Crippen LogP contribution < -0.4 is 21.3 Å². The highest BCUT2D eigenvalue weighted by atomic mass is 32.2. The number of carbonyl (C=O) groups is 5. The normalized spacial score (nSPS) is 28.2. The van der Waals surface area contributed by atoms with E-state index in [1.807, 2.05) is 13.8 Å². The van der Waals surface area contributed by atoms with E-state index in [0.717, 1.165) is 83.5 Å². The number of likely N-dealkylation sites (tertiary alicyclic amines) is 1. The molecule has 4 N–H and O–H groups in total. The third-order valence-electron chi connectivity index (χ3n) is 14.4. The Hall–Kier alpha value is -2.70.